The summed E-state index contributed by atoms with van der Waals surface area (Å²) in [5.41, 5.74) is 0.715. The number of likely N-dealkylation sites (tertiary alicyclic amines) is 1. The van der Waals surface area contributed by atoms with Gasteiger partial charge < -0.3 is 24.5 Å². The number of β-amino-alcohol motifs (C(OH)–C–C–N with tert-alkyl or cyclic N) is 1. The Hall–Kier alpha value is -2.78. The first-order valence-corrected chi connectivity index (χ1v) is 14.9. The van der Waals surface area contributed by atoms with Crippen molar-refractivity contribution in [2.24, 2.45) is 11.8 Å². The van der Waals surface area contributed by atoms with E-state index in [1.54, 1.807) is 38.6 Å². The molecule has 1 spiro atoms. The number of aliphatic hydroxyl groups is 1. The lowest BCUT2D eigenvalue weighted by Crippen LogP contribution is -2.55. The van der Waals surface area contributed by atoms with Gasteiger partial charge in [0.1, 0.15) is 11.8 Å². The van der Waals surface area contributed by atoms with Crippen molar-refractivity contribution in [1.82, 2.24) is 9.80 Å². The first-order chi connectivity index (χ1) is 18.9. The molecular weight excluding hydrogens is 514 g/mol. The molecule has 3 fully saturated rings. The third-order valence-corrected chi connectivity index (χ3v) is 10.1. The molecule has 3 aliphatic rings. The van der Waals surface area contributed by atoms with E-state index in [9.17, 15) is 19.5 Å². The summed E-state index contributed by atoms with van der Waals surface area (Å²) in [5.74, 6) is -0.868. The highest BCUT2D eigenvalue weighted by Crippen LogP contribution is 2.66. The van der Waals surface area contributed by atoms with Crippen LogP contribution in [0.5, 0.6) is 5.75 Å². The maximum absolute atomic E-state index is 14.2. The van der Waals surface area contributed by atoms with Crippen LogP contribution in [0.3, 0.4) is 0 Å². The second-order valence-corrected chi connectivity index (χ2v) is 12.0. The zero-order valence-electron chi connectivity index (χ0n) is 23.1. The topological polar surface area (TPSA) is 90.4 Å². The highest BCUT2D eigenvalue weighted by molar-refractivity contribution is 8.02. The first kappa shape index (κ1) is 29.2. The van der Waals surface area contributed by atoms with E-state index in [2.05, 4.69) is 20.1 Å². The smallest absolute Gasteiger partial charge is 0.247 e. The molecule has 3 heterocycles. The largest absolute Gasteiger partial charge is 0.494 e. The van der Waals surface area contributed by atoms with Gasteiger partial charge in [-0.25, -0.2) is 0 Å². The SMILES string of the molecule is C=CCN(CCCC)C(=O)C1N(CCO)C(=O)[C@@H]2[C@@H](C(=O)N(CC=C)c3ccc(OCC)cc3)[C@H]3CCC12S3. The molecule has 5 atom stereocenters. The number of rotatable bonds is 14. The predicted molar refractivity (Wildman–Crippen MR) is 155 cm³/mol. The number of benzene rings is 1. The molecular formula is C30H41N3O5S. The number of ether oxygens (including phenoxy) is 1. The molecule has 0 radical (unpaired) electrons. The zero-order valence-corrected chi connectivity index (χ0v) is 23.9. The Balaban J connectivity index is 1.69. The van der Waals surface area contributed by atoms with Crippen LogP contribution in [0.1, 0.15) is 39.5 Å². The molecule has 8 nitrogen and oxygen atoms in total. The van der Waals surface area contributed by atoms with Crippen LogP contribution < -0.4 is 9.64 Å². The number of hydrogen-bond donors (Lipinski definition) is 1. The molecule has 0 saturated carbocycles. The average Bonchev–Trinajstić information content (AvgIpc) is 3.57. The lowest BCUT2D eigenvalue weighted by atomic mass is 9.70. The van der Waals surface area contributed by atoms with Crippen LogP contribution in [0, 0.1) is 11.8 Å². The molecule has 1 aromatic rings. The molecule has 212 valence electrons. The third kappa shape index (κ3) is 5.23. The Kier molecular flexibility index (Phi) is 9.43. The van der Waals surface area contributed by atoms with Gasteiger partial charge >= 0.3 is 0 Å². The molecule has 0 aromatic heterocycles. The van der Waals surface area contributed by atoms with E-state index in [0.29, 0.717) is 38.3 Å². The van der Waals surface area contributed by atoms with E-state index in [4.69, 9.17) is 4.74 Å². The first-order valence-electron chi connectivity index (χ1n) is 14.0. The molecule has 1 aromatic carbocycles. The molecule has 2 unspecified atom stereocenters. The fraction of sp³-hybridized carbons (Fsp3) is 0.567. The van der Waals surface area contributed by atoms with Gasteiger partial charge in [0.05, 0.1) is 29.8 Å². The zero-order chi connectivity index (χ0) is 28.2. The second kappa shape index (κ2) is 12.6. The van der Waals surface area contributed by atoms with Crippen molar-refractivity contribution >= 4 is 35.2 Å². The number of anilines is 1. The minimum Gasteiger partial charge on any atom is -0.494 e. The lowest BCUT2D eigenvalue weighted by Gasteiger charge is -2.37. The monoisotopic (exact) mass is 555 g/mol. The summed E-state index contributed by atoms with van der Waals surface area (Å²) in [6.07, 6.45) is 6.66. The van der Waals surface area contributed by atoms with Crippen molar-refractivity contribution in [2.45, 2.75) is 55.6 Å². The summed E-state index contributed by atoms with van der Waals surface area (Å²) in [5, 5.41) is 9.82. The van der Waals surface area contributed by atoms with Crippen molar-refractivity contribution < 1.29 is 24.2 Å². The van der Waals surface area contributed by atoms with Crippen LogP contribution in [-0.2, 0) is 14.4 Å². The Bertz CT molecular complexity index is 1080. The second-order valence-electron chi connectivity index (χ2n) is 10.4. The summed E-state index contributed by atoms with van der Waals surface area (Å²) in [6.45, 7) is 13.4. The number of hydrogen-bond acceptors (Lipinski definition) is 6. The van der Waals surface area contributed by atoms with Crippen molar-refractivity contribution in [3.05, 3.63) is 49.6 Å². The Morgan fingerprint density at radius 2 is 1.90 bits per heavy atom. The van der Waals surface area contributed by atoms with Gasteiger partial charge in [-0.3, -0.25) is 14.4 Å². The molecule has 3 amide bonds. The van der Waals surface area contributed by atoms with Gasteiger partial charge in [0.25, 0.3) is 0 Å². The number of thioether (sulfide) groups is 1. The fourth-order valence-electron chi connectivity index (χ4n) is 6.55. The van der Waals surface area contributed by atoms with E-state index < -0.39 is 22.6 Å². The van der Waals surface area contributed by atoms with E-state index in [1.807, 2.05) is 31.2 Å². The summed E-state index contributed by atoms with van der Waals surface area (Å²) in [7, 11) is 0. The van der Waals surface area contributed by atoms with Gasteiger partial charge in [0, 0.05) is 37.1 Å². The maximum atomic E-state index is 14.2. The molecule has 2 bridgehead atoms. The molecule has 0 aliphatic carbocycles. The Labute approximate surface area is 236 Å². The number of carbonyl (C=O) groups excluding carboxylic acids is 3. The van der Waals surface area contributed by atoms with Crippen LogP contribution in [0.4, 0.5) is 5.69 Å². The van der Waals surface area contributed by atoms with Crippen LogP contribution in [-0.4, -0.2) is 88.1 Å². The van der Waals surface area contributed by atoms with E-state index in [0.717, 1.165) is 25.0 Å². The van der Waals surface area contributed by atoms with Crippen LogP contribution >= 0.6 is 11.8 Å². The van der Waals surface area contributed by atoms with Crippen molar-refractivity contribution in [3.63, 3.8) is 0 Å². The number of aliphatic hydroxyl groups excluding tert-OH is 1. The normalized spacial score (nSPS) is 26.8. The van der Waals surface area contributed by atoms with Gasteiger partial charge in [0.2, 0.25) is 17.7 Å². The number of fused-ring (bicyclic) bond motifs is 1. The van der Waals surface area contributed by atoms with Gasteiger partial charge in [-0.2, -0.15) is 0 Å². The van der Waals surface area contributed by atoms with Crippen molar-refractivity contribution in [2.75, 3.05) is 44.3 Å². The molecule has 4 rings (SSSR count). The van der Waals surface area contributed by atoms with E-state index >= 15 is 0 Å². The third-order valence-electron chi connectivity index (χ3n) is 8.14. The molecule has 39 heavy (non-hydrogen) atoms. The quantitative estimate of drug-likeness (QED) is 0.354. The summed E-state index contributed by atoms with van der Waals surface area (Å²) in [4.78, 5) is 47.4. The van der Waals surface area contributed by atoms with Crippen LogP contribution in [0.15, 0.2) is 49.6 Å². The number of carbonyl (C=O) groups is 3. The molecule has 9 heteroatoms. The fourth-order valence-corrected chi connectivity index (χ4v) is 8.76. The van der Waals surface area contributed by atoms with Crippen molar-refractivity contribution in [1.29, 1.82) is 0 Å². The highest BCUT2D eigenvalue weighted by atomic mass is 32.2. The number of amides is 3. The van der Waals surface area contributed by atoms with Crippen molar-refractivity contribution in [3.8, 4) is 5.75 Å². The lowest BCUT2D eigenvalue weighted by molar-refractivity contribution is -0.143. The molecule has 3 aliphatic heterocycles. The standard InChI is InChI=1S/C30H41N3O5S/c1-5-9-18-31(16-6-2)29(37)26-30-15-14-23(39-30)24(25(30)28(36)33(26)19-20-34)27(35)32(17-7-3)21-10-12-22(13-11-21)38-8-4/h6-7,10-13,23-26,34H,2-3,5,8-9,14-20H2,1,4H3/t23-,24+,25+,26?,30?/m1/s1. The number of nitrogens with zero attached hydrogens (tertiary/aromatic N) is 3. The summed E-state index contributed by atoms with van der Waals surface area (Å²) in [6, 6.07) is 6.67. The highest BCUT2D eigenvalue weighted by Gasteiger charge is 2.74. The Morgan fingerprint density at radius 3 is 2.51 bits per heavy atom. The minimum atomic E-state index is -0.704. The predicted octanol–water partition coefficient (Wildman–Crippen LogP) is 3.50. The molecule has 3 saturated heterocycles. The Morgan fingerprint density at radius 1 is 1.18 bits per heavy atom. The molecule has 1 N–H and O–H groups in total. The minimum absolute atomic E-state index is 0.0449. The average molecular weight is 556 g/mol. The van der Waals surface area contributed by atoms with Gasteiger partial charge in [-0.05, 0) is 50.5 Å². The van der Waals surface area contributed by atoms with Gasteiger partial charge in [-0.1, -0.05) is 25.5 Å². The van der Waals surface area contributed by atoms with Crippen LogP contribution in [0.25, 0.3) is 0 Å². The number of unbranched alkanes of at least 4 members (excludes halogenated alkanes) is 1. The van der Waals surface area contributed by atoms with Gasteiger partial charge in [-0.15, -0.1) is 24.9 Å². The van der Waals surface area contributed by atoms with E-state index in [1.165, 1.54) is 0 Å². The van der Waals surface area contributed by atoms with Crippen LogP contribution in [0.2, 0.25) is 0 Å². The summed E-state index contributed by atoms with van der Waals surface area (Å²) < 4.78 is 4.88. The summed E-state index contributed by atoms with van der Waals surface area (Å²) >= 11 is 1.64. The van der Waals surface area contributed by atoms with E-state index in [-0.39, 0.29) is 36.1 Å². The van der Waals surface area contributed by atoms with Gasteiger partial charge in [0.15, 0.2) is 0 Å². The maximum Gasteiger partial charge on any atom is 0.247 e.